The number of ether oxygens (including phenoxy) is 1. The smallest absolute Gasteiger partial charge is 0.179 e. The molecule has 4 nitrogen and oxygen atoms in total. The van der Waals surface area contributed by atoms with E-state index >= 15 is 0 Å². The fraction of sp³-hybridized carbons (Fsp3) is 0.333. The van der Waals surface area contributed by atoms with Gasteiger partial charge >= 0.3 is 0 Å². The summed E-state index contributed by atoms with van der Waals surface area (Å²) in [5.41, 5.74) is 2.48. The average molecular weight is 296 g/mol. The fourth-order valence-corrected chi connectivity index (χ4v) is 2.90. The van der Waals surface area contributed by atoms with Gasteiger partial charge in [-0.05, 0) is 51.0 Å². The zero-order valence-corrected chi connectivity index (χ0v) is 13.3. The molecule has 0 saturated carbocycles. The van der Waals surface area contributed by atoms with Gasteiger partial charge in [-0.1, -0.05) is 18.2 Å². The molecule has 1 aromatic heterocycles. The summed E-state index contributed by atoms with van der Waals surface area (Å²) in [6.07, 6.45) is 2.79. The molecule has 0 saturated heterocycles. The van der Waals surface area contributed by atoms with Crippen molar-refractivity contribution in [2.45, 2.75) is 39.5 Å². The molecule has 1 aliphatic heterocycles. The maximum atomic E-state index is 11.8. The van der Waals surface area contributed by atoms with Crippen LogP contribution in [0, 0.1) is 13.8 Å². The van der Waals surface area contributed by atoms with Gasteiger partial charge in [-0.3, -0.25) is 0 Å². The van der Waals surface area contributed by atoms with Crippen LogP contribution in [0.1, 0.15) is 36.6 Å². The van der Waals surface area contributed by atoms with Gasteiger partial charge in [-0.25, -0.2) is 4.98 Å². The number of fused-ring (bicyclic) bond motifs is 1. The maximum absolute atomic E-state index is 11.8. The van der Waals surface area contributed by atoms with Crippen LogP contribution in [-0.2, 0) is 4.79 Å². The van der Waals surface area contributed by atoms with Crippen LogP contribution in [0.4, 0.5) is 5.82 Å². The molecule has 3 rings (SSSR count). The van der Waals surface area contributed by atoms with E-state index in [4.69, 9.17) is 4.74 Å². The molecule has 0 bridgehead atoms. The highest BCUT2D eigenvalue weighted by Crippen LogP contribution is 2.42. The van der Waals surface area contributed by atoms with E-state index in [0.717, 1.165) is 34.5 Å². The first kappa shape index (κ1) is 14.6. The molecule has 0 spiro atoms. The van der Waals surface area contributed by atoms with Crippen LogP contribution in [0.3, 0.4) is 0 Å². The highest BCUT2D eigenvalue weighted by atomic mass is 16.5. The Hall–Kier alpha value is -2.36. The van der Waals surface area contributed by atoms with Crippen LogP contribution in [0.2, 0.25) is 0 Å². The number of hydrogen-bond acceptors (Lipinski definition) is 4. The van der Waals surface area contributed by atoms with Crippen LogP contribution in [-0.4, -0.2) is 17.0 Å². The summed E-state index contributed by atoms with van der Waals surface area (Å²) in [6.45, 7) is 7.98. The first-order valence-corrected chi connectivity index (χ1v) is 7.40. The number of carbonyl (C=O) groups is 1. The van der Waals surface area contributed by atoms with Crippen molar-refractivity contribution in [2.75, 3.05) is 4.90 Å². The van der Waals surface area contributed by atoms with Crippen molar-refractivity contribution < 1.29 is 9.53 Å². The minimum absolute atomic E-state index is 0.408. The lowest BCUT2D eigenvalue weighted by Crippen LogP contribution is -2.54. The summed E-state index contributed by atoms with van der Waals surface area (Å²) < 4.78 is 6.12. The third-order valence-corrected chi connectivity index (χ3v) is 4.19. The van der Waals surface area contributed by atoms with Gasteiger partial charge in [0.2, 0.25) is 0 Å². The number of aldehydes is 1. The molecule has 0 amide bonds. The molecule has 2 aromatic rings. The topological polar surface area (TPSA) is 42.4 Å². The number of aromatic nitrogens is 1. The van der Waals surface area contributed by atoms with E-state index in [1.807, 2.05) is 69.1 Å². The van der Waals surface area contributed by atoms with E-state index in [1.54, 1.807) is 0 Å². The fourth-order valence-electron chi connectivity index (χ4n) is 2.90. The van der Waals surface area contributed by atoms with E-state index in [-0.39, 0.29) is 0 Å². The Morgan fingerprint density at radius 3 is 2.64 bits per heavy atom. The zero-order chi connectivity index (χ0) is 15.9. The van der Waals surface area contributed by atoms with Crippen molar-refractivity contribution in [3.63, 3.8) is 0 Å². The number of hydrogen-bond donors (Lipinski definition) is 0. The van der Waals surface area contributed by atoms with Crippen molar-refractivity contribution in [3.05, 3.63) is 53.2 Å². The Morgan fingerprint density at radius 2 is 1.95 bits per heavy atom. The monoisotopic (exact) mass is 296 g/mol. The molecule has 0 aliphatic carbocycles. The number of pyridine rings is 1. The number of rotatable bonds is 2. The molecule has 0 N–H and O–H groups in total. The lowest BCUT2D eigenvalue weighted by molar-refractivity contribution is -0.110. The third kappa shape index (κ3) is 2.25. The van der Waals surface area contributed by atoms with Gasteiger partial charge in [0.05, 0.1) is 0 Å². The summed E-state index contributed by atoms with van der Waals surface area (Å²) in [6, 6.07) is 9.26. The zero-order valence-electron chi connectivity index (χ0n) is 13.3. The van der Waals surface area contributed by atoms with Crippen molar-refractivity contribution in [1.29, 1.82) is 0 Å². The Kier molecular flexibility index (Phi) is 3.39. The predicted octanol–water partition coefficient (Wildman–Crippen LogP) is 3.57. The number of benzene rings is 1. The van der Waals surface area contributed by atoms with Gasteiger partial charge in [-0.2, -0.15) is 0 Å². The molecule has 22 heavy (non-hydrogen) atoms. The van der Waals surface area contributed by atoms with Crippen LogP contribution >= 0.6 is 0 Å². The Balaban J connectivity index is 2.16. The summed E-state index contributed by atoms with van der Waals surface area (Å²) in [7, 11) is 0. The van der Waals surface area contributed by atoms with E-state index in [0.29, 0.717) is 0 Å². The normalized spacial score (nSPS) is 19.3. The third-order valence-electron chi connectivity index (χ3n) is 4.19. The number of anilines is 1. The van der Waals surface area contributed by atoms with Crippen LogP contribution in [0.25, 0.3) is 0 Å². The number of carbonyl (C=O) groups excluding carboxylic acids is 1. The largest absolute Gasteiger partial charge is 0.468 e. The molecular weight excluding hydrogens is 276 g/mol. The highest BCUT2D eigenvalue weighted by Gasteiger charge is 2.42. The van der Waals surface area contributed by atoms with Crippen molar-refractivity contribution in [2.24, 2.45) is 0 Å². The van der Waals surface area contributed by atoms with Gasteiger partial charge in [0.1, 0.15) is 23.9 Å². The number of para-hydroxylation sites is 1. The minimum atomic E-state index is -0.658. The van der Waals surface area contributed by atoms with E-state index in [2.05, 4.69) is 4.98 Å². The molecule has 4 heteroatoms. The van der Waals surface area contributed by atoms with Gasteiger partial charge in [0, 0.05) is 11.8 Å². The van der Waals surface area contributed by atoms with E-state index in [1.165, 1.54) is 0 Å². The van der Waals surface area contributed by atoms with Crippen molar-refractivity contribution in [1.82, 2.24) is 4.98 Å². The molecule has 1 unspecified atom stereocenters. The SMILES string of the molecule is Cc1cnc(N2C(C=O)c3ccccc3OC2(C)C)cc1C. The second-order valence-corrected chi connectivity index (χ2v) is 6.16. The van der Waals surface area contributed by atoms with Crippen LogP contribution in [0.15, 0.2) is 36.5 Å². The molecular formula is C18H20N2O2. The van der Waals surface area contributed by atoms with Crippen LogP contribution < -0.4 is 9.64 Å². The Morgan fingerprint density at radius 1 is 1.23 bits per heavy atom. The quantitative estimate of drug-likeness (QED) is 0.795. The summed E-state index contributed by atoms with van der Waals surface area (Å²) in [5, 5.41) is 0. The summed E-state index contributed by atoms with van der Waals surface area (Å²) in [4.78, 5) is 18.3. The number of aryl methyl sites for hydroxylation is 2. The van der Waals surface area contributed by atoms with Crippen molar-refractivity contribution >= 4 is 12.1 Å². The average Bonchev–Trinajstić information content (AvgIpc) is 2.48. The Labute approximate surface area is 130 Å². The molecule has 114 valence electrons. The highest BCUT2D eigenvalue weighted by molar-refractivity contribution is 5.72. The van der Waals surface area contributed by atoms with E-state index < -0.39 is 11.8 Å². The minimum Gasteiger partial charge on any atom is -0.468 e. The molecule has 0 radical (unpaired) electrons. The second kappa shape index (κ2) is 5.13. The molecule has 0 fully saturated rings. The Bertz CT molecular complexity index is 725. The van der Waals surface area contributed by atoms with Gasteiger partial charge in [0.15, 0.2) is 5.72 Å². The van der Waals surface area contributed by atoms with Crippen molar-refractivity contribution in [3.8, 4) is 5.75 Å². The van der Waals surface area contributed by atoms with E-state index in [9.17, 15) is 4.79 Å². The van der Waals surface area contributed by atoms with Crippen LogP contribution in [0.5, 0.6) is 5.75 Å². The first-order valence-electron chi connectivity index (χ1n) is 7.40. The lowest BCUT2D eigenvalue weighted by atomic mass is 9.99. The lowest BCUT2D eigenvalue weighted by Gasteiger charge is -2.47. The molecule has 1 aliphatic rings. The summed E-state index contributed by atoms with van der Waals surface area (Å²) in [5.74, 6) is 1.50. The molecule has 2 heterocycles. The molecule has 1 atom stereocenters. The van der Waals surface area contributed by atoms with Gasteiger partial charge in [0.25, 0.3) is 0 Å². The maximum Gasteiger partial charge on any atom is 0.179 e. The predicted molar refractivity (Wildman–Crippen MR) is 86.1 cm³/mol. The standard InChI is InChI=1S/C18H20N2O2/c1-12-9-17(19-10-13(12)2)20-15(11-21)14-7-5-6-8-16(14)22-18(20,3)4/h5-11,15H,1-4H3. The first-order chi connectivity index (χ1) is 10.4. The second-order valence-electron chi connectivity index (χ2n) is 6.16. The van der Waals surface area contributed by atoms with Gasteiger partial charge < -0.3 is 14.4 Å². The summed E-state index contributed by atoms with van der Waals surface area (Å²) >= 11 is 0. The van der Waals surface area contributed by atoms with Gasteiger partial charge in [-0.15, -0.1) is 0 Å². The molecule has 1 aromatic carbocycles. The number of nitrogens with zero attached hydrogens (tertiary/aromatic N) is 2.